The summed E-state index contributed by atoms with van der Waals surface area (Å²) in [6.45, 7) is 1.46. The second-order valence-corrected chi connectivity index (χ2v) is 4.43. The monoisotopic (exact) mass is 228 g/mol. The summed E-state index contributed by atoms with van der Waals surface area (Å²) in [7, 11) is 3.93. The van der Waals surface area contributed by atoms with Gasteiger partial charge in [0.15, 0.2) is 5.78 Å². The highest BCUT2D eigenvalue weighted by Gasteiger charge is 2.03. The summed E-state index contributed by atoms with van der Waals surface area (Å²) in [6.07, 6.45) is 3.03. The van der Waals surface area contributed by atoms with Gasteiger partial charge in [-0.1, -0.05) is 24.3 Å². The lowest BCUT2D eigenvalue weighted by Gasteiger charge is -1.99. The smallest absolute Gasteiger partial charge is 0.152 e. The first-order chi connectivity index (χ1) is 6.61. The van der Waals surface area contributed by atoms with Crippen LogP contribution in [0.2, 0.25) is 0 Å². The van der Waals surface area contributed by atoms with E-state index in [9.17, 15) is 9.00 Å². The Hall–Kier alpha value is -0.930. The van der Waals surface area contributed by atoms with Gasteiger partial charge in [-0.2, -0.15) is 0 Å². The van der Waals surface area contributed by atoms with E-state index in [1.807, 2.05) is 0 Å². The number of hydrogen-bond donors (Lipinski definition) is 0. The fourth-order valence-electron chi connectivity index (χ4n) is 0.972. The second-order valence-electron chi connectivity index (χ2n) is 2.71. The van der Waals surface area contributed by atoms with Crippen LogP contribution < -0.4 is 0 Å². The summed E-state index contributed by atoms with van der Waals surface area (Å²) in [5.74, 6) is -0.0554. The Balaban J connectivity index is 3.07. The van der Waals surface area contributed by atoms with E-state index in [2.05, 4.69) is 0 Å². The molecule has 74 valence electrons. The minimum atomic E-state index is -1.55. The number of hydrogen-bond acceptors (Lipinski definition) is 2. The van der Waals surface area contributed by atoms with Crippen LogP contribution in [-0.2, 0) is 14.8 Å². The van der Waals surface area contributed by atoms with Crippen LogP contribution in [0.4, 0.5) is 0 Å². The van der Waals surface area contributed by atoms with Crippen LogP contribution >= 0.6 is 10.7 Å². The fourth-order valence-corrected chi connectivity index (χ4v) is 1.90. The standard InChI is InChI=1S/C10H9ClO2S/c1-8(12)6-7-9-4-2-3-5-10(9)14(11)13/h2-7H,1H3/b7-6+. The van der Waals surface area contributed by atoms with Gasteiger partial charge in [-0.3, -0.25) is 4.79 Å². The van der Waals surface area contributed by atoms with Gasteiger partial charge in [0.25, 0.3) is 0 Å². The minimum Gasteiger partial charge on any atom is -0.295 e. The first kappa shape index (κ1) is 11.1. The van der Waals surface area contributed by atoms with Gasteiger partial charge in [0.1, 0.15) is 10.0 Å². The summed E-state index contributed by atoms with van der Waals surface area (Å²) in [4.78, 5) is 11.2. The first-order valence-electron chi connectivity index (χ1n) is 3.97. The quantitative estimate of drug-likeness (QED) is 0.589. The third-order valence-corrected chi connectivity index (χ3v) is 2.81. The highest BCUT2D eigenvalue weighted by atomic mass is 35.7. The van der Waals surface area contributed by atoms with Gasteiger partial charge < -0.3 is 0 Å². The molecule has 0 amide bonds. The maximum atomic E-state index is 11.1. The van der Waals surface area contributed by atoms with Crippen LogP contribution in [0.15, 0.2) is 35.2 Å². The Morgan fingerprint density at radius 2 is 2.07 bits per heavy atom. The van der Waals surface area contributed by atoms with Gasteiger partial charge in [-0.15, -0.1) is 0 Å². The van der Waals surface area contributed by atoms with Crippen molar-refractivity contribution in [1.82, 2.24) is 0 Å². The molecule has 1 aromatic rings. The summed E-state index contributed by atoms with van der Waals surface area (Å²) >= 11 is 0. The fraction of sp³-hybridized carbons (Fsp3) is 0.100. The van der Waals surface area contributed by atoms with Crippen molar-refractivity contribution >= 4 is 32.6 Å². The Morgan fingerprint density at radius 1 is 1.43 bits per heavy atom. The van der Waals surface area contributed by atoms with Crippen molar-refractivity contribution in [3.8, 4) is 0 Å². The number of carbonyl (C=O) groups is 1. The molecule has 14 heavy (non-hydrogen) atoms. The molecule has 0 heterocycles. The Kier molecular flexibility index (Phi) is 4.04. The van der Waals surface area contributed by atoms with Crippen LogP contribution in [0.1, 0.15) is 12.5 Å². The molecule has 0 aliphatic rings. The average molecular weight is 229 g/mol. The Bertz CT molecular complexity index is 399. The number of benzene rings is 1. The van der Waals surface area contributed by atoms with Crippen LogP contribution in [0.5, 0.6) is 0 Å². The lowest BCUT2D eigenvalue weighted by atomic mass is 10.2. The predicted octanol–water partition coefficient (Wildman–Crippen LogP) is 2.55. The molecule has 0 saturated heterocycles. The number of halogens is 1. The Labute approximate surface area is 89.5 Å². The molecule has 1 unspecified atom stereocenters. The zero-order valence-corrected chi connectivity index (χ0v) is 9.14. The summed E-state index contributed by atoms with van der Waals surface area (Å²) < 4.78 is 11.1. The molecule has 1 rings (SSSR count). The molecule has 1 aromatic carbocycles. The zero-order chi connectivity index (χ0) is 10.6. The van der Waals surface area contributed by atoms with Crippen molar-refractivity contribution in [2.24, 2.45) is 0 Å². The van der Waals surface area contributed by atoms with Crippen LogP contribution in [0, 0.1) is 0 Å². The number of carbonyl (C=O) groups excluding carboxylic acids is 1. The van der Waals surface area contributed by atoms with E-state index in [1.165, 1.54) is 13.0 Å². The van der Waals surface area contributed by atoms with E-state index in [0.717, 1.165) is 0 Å². The van der Waals surface area contributed by atoms with Crippen molar-refractivity contribution in [1.29, 1.82) is 0 Å². The Morgan fingerprint density at radius 3 is 2.64 bits per heavy atom. The molecule has 2 nitrogen and oxygen atoms in total. The second kappa shape index (κ2) is 5.08. The molecule has 0 aliphatic heterocycles. The first-order valence-corrected chi connectivity index (χ1v) is 5.94. The largest absolute Gasteiger partial charge is 0.295 e. The summed E-state index contributed by atoms with van der Waals surface area (Å²) in [5, 5.41) is 0. The van der Waals surface area contributed by atoms with E-state index in [4.69, 9.17) is 10.7 Å². The lowest BCUT2D eigenvalue weighted by molar-refractivity contribution is -0.112. The van der Waals surface area contributed by atoms with Gasteiger partial charge in [0.05, 0.1) is 4.90 Å². The molecule has 0 spiro atoms. The maximum Gasteiger partial charge on any atom is 0.152 e. The molecule has 0 aromatic heterocycles. The highest BCUT2D eigenvalue weighted by Crippen LogP contribution is 2.17. The van der Waals surface area contributed by atoms with Crippen molar-refractivity contribution in [2.75, 3.05) is 0 Å². The van der Waals surface area contributed by atoms with E-state index < -0.39 is 10.0 Å². The van der Waals surface area contributed by atoms with Gasteiger partial charge in [0, 0.05) is 0 Å². The molecular formula is C10H9ClO2S. The predicted molar refractivity (Wildman–Crippen MR) is 58.4 cm³/mol. The average Bonchev–Trinajstić information content (AvgIpc) is 2.15. The lowest BCUT2D eigenvalue weighted by Crippen LogP contribution is -1.87. The molecule has 0 bridgehead atoms. The van der Waals surface area contributed by atoms with Crippen LogP contribution in [0.25, 0.3) is 6.08 Å². The summed E-state index contributed by atoms with van der Waals surface area (Å²) in [5.41, 5.74) is 0.705. The molecule has 4 heteroatoms. The molecule has 0 N–H and O–H groups in total. The van der Waals surface area contributed by atoms with Crippen molar-refractivity contribution in [3.05, 3.63) is 35.9 Å². The van der Waals surface area contributed by atoms with Gasteiger partial charge in [-0.25, -0.2) is 4.21 Å². The third-order valence-electron chi connectivity index (χ3n) is 1.59. The molecule has 1 atom stereocenters. The van der Waals surface area contributed by atoms with Crippen molar-refractivity contribution in [2.45, 2.75) is 11.8 Å². The van der Waals surface area contributed by atoms with Crippen molar-refractivity contribution in [3.63, 3.8) is 0 Å². The molecule has 0 fully saturated rings. The van der Waals surface area contributed by atoms with Crippen LogP contribution in [0.3, 0.4) is 0 Å². The molecule has 0 radical (unpaired) electrons. The third kappa shape index (κ3) is 3.09. The molecule has 0 saturated carbocycles. The van der Waals surface area contributed by atoms with Crippen LogP contribution in [-0.4, -0.2) is 9.99 Å². The van der Waals surface area contributed by atoms with E-state index >= 15 is 0 Å². The number of allylic oxidation sites excluding steroid dienone is 1. The molecular weight excluding hydrogens is 220 g/mol. The number of ketones is 1. The molecule has 0 aliphatic carbocycles. The van der Waals surface area contributed by atoms with Gasteiger partial charge in [-0.05, 0) is 35.3 Å². The van der Waals surface area contributed by atoms with E-state index in [0.29, 0.717) is 10.5 Å². The highest BCUT2D eigenvalue weighted by molar-refractivity contribution is 8.08. The number of rotatable bonds is 3. The van der Waals surface area contributed by atoms with Gasteiger partial charge in [0.2, 0.25) is 0 Å². The SMILES string of the molecule is CC(=O)/C=C/c1ccccc1S(=O)Cl. The van der Waals surface area contributed by atoms with Gasteiger partial charge >= 0.3 is 0 Å². The van der Waals surface area contributed by atoms with E-state index in [1.54, 1.807) is 30.3 Å². The summed E-state index contributed by atoms with van der Waals surface area (Å²) in [6, 6.07) is 6.98. The topological polar surface area (TPSA) is 34.1 Å². The van der Waals surface area contributed by atoms with E-state index in [-0.39, 0.29) is 5.78 Å². The van der Waals surface area contributed by atoms with Crippen molar-refractivity contribution < 1.29 is 9.00 Å². The minimum absolute atomic E-state index is 0.0554. The maximum absolute atomic E-state index is 11.1. The normalized spacial score (nSPS) is 13.0. The zero-order valence-electron chi connectivity index (χ0n) is 7.57.